The van der Waals surface area contributed by atoms with Gasteiger partial charge in [-0.25, -0.2) is 9.78 Å². The maximum absolute atomic E-state index is 13.7. The molecule has 0 spiro atoms. The molecule has 4 atom stereocenters. The van der Waals surface area contributed by atoms with Gasteiger partial charge in [-0.2, -0.15) is 0 Å². The monoisotopic (exact) mass is 524 g/mol. The van der Waals surface area contributed by atoms with Crippen LogP contribution in [0.25, 0.3) is 11.3 Å². The lowest BCUT2D eigenvalue weighted by atomic mass is 9.82. The van der Waals surface area contributed by atoms with Crippen LogP contribution in [0.1, 0.15) is 72.7 Å². The Kier molecular flexibility index (Phi) is 7.95. The summed E-state index contributed by atoms with van der Waals surface area (Å²) in [5.41, 5.74) is 1.23. The Morgan fingerprint density at radius 2 is 1.87 bits per heavy atom. The lowest BCUT2D eigenvalue weighted by Crippen LogP contribution is -2.54. The lowest BCUT2D eigenvalue weighted by molar-refractivity contribution is -0.139. The summed E-state index contributed by atoms with van der Waals surface area (Å²) >= 11 is 0. The third-order valence-electron chi connectivity index (χ3n) is 8.44. The van der Waals surface area contributed by atoms with E-state index in [0.717, 1.165) is 41.8 Å². The number of nitrogens with zero attached hydrogens (tertiary/aromatic N) is 2. The molecule has 1 aromatic carbocycles. The number of aromatic amines is 1. The number of aliphatic hydroxyl groups is 1. The van der Waals surface area contributed by atoms with Gasteiger partial charge in [-0.1, -0.05) is 43.6 Å². The summed E-state index contributed by atoms with van der Waals surface area (Å²) in [5, 5.41) is 13.1. The Morgan fingerprint density at radius 1 is 1.18 bits per heavy atom. The predicted molar refractivity (Wildman–Crippen MR) is 147 cm³/mol. The molecule has 2 amide bonds. The summed E-state index contributed by atoms with van der Waals surface area (Å²) in [4.78, 5) is 35.8. The Morgan fingerprint density at radius 3 is 2.47 bits per heavy atom. The van der Waals surface area contributed by atoms with Crippen LogP contribution >= 0.6 is 0 Å². The van der Waals surface area contributed by atoms with Crippen molar-refractivity contribution < 1.29 is 24.1 Å². The van der Waals surface area contributed by atoms with Crippen LogP contribution in [0, 0.1) is 11.8 Å². The highest BCUT2D eigenvalue weighted by molar-refractivity contribution is 6.47. The molecule has 2 heterocycles. The third-order valence-corrected chi connectivity index (χ3v) is 8.44. The molecule has 1 saturated heterocycles. The summed E-state index contributed by atoms with van der Waals surface area (Å²) in [6.45, 7) is 11.1. The zero-order valence-electron chi connectivity index (χ0n) is 23.6. The number of carbonyl (C=O) groups excluding carboxylic acids is 2. The van der Waals surface area contributed by atoms with Crippen molar-refractivity contribution in [2.75, 3.05) is 7.11 Å². The number of imidazole rings is 1. The average molecular weight is 524 g/mol. The van der Waals surface area contributed by atoms with Gasteiger partial charge in [-0.15, -0.1) is 0 Å². The maximum atomic E-state index is 13.7. The minimum Gasteiger partial charge on any atom is -0.453 e. The molecule has 206 valence electrons. The van der Waals surface area contributed by atoms with Crippen LogP contribution in [-0.2, 0) is 14.2 Å². The Balaban J connectivity index is 1.50. The minimum absolute atomic E-state index is 0.0787. The second-order valence-corrected chi connectivity index (χ2v) is 12.0. The number of likely N-dealkylation sites (tertiary alicyclic amines) is 1. The van der Waals surface area contributed by atoms with Gasteiger partial charge in [-0.05, 0) is 64.4 Å². The van der Waals surface area contributed by atoms with Crippen LogP contribution < -0.4 is 10.8 Å². The smallest absolute Gasteiger partial charge is 0.407 e. The molecule has 2 aliphatic rings. The van der Waals surface area contributed by atoms with Crippen molar-refractivity contribution in [1.82, 2.24) is 20.2 Å². The average Bonchev–Trinajstić information content (AvgIpc) is 3.61. The molecule has 2 fully saturated rings. The largest absolute Gasteiger partial charge is 0.453 e. The number of H-pyrrole nitrogens is 1. The Labute approximate surface area is 226 Å². The number of piperidine rings is 1. The second-order valence-electron chi connectivity index (χ2n) is 12.0. The normalized spacial score (nSPS) is 22.0. The topological polar surface area (TPSA) is 117 Å². The minimum atomic E-state index is -0.960. The standard InChI is InChI=1S/C28H41BN4O5/c1-16(2)22(32-26(35)37-7)25(34)33-20-13-10-18(14-20)23(33)24-30-15-21(31-24)17-8-11-19(12-9-17)29-38-28(5,6)27(3,4)36/h8-9,11-12,15-16,18,20,22-23,29,36H,10,13-14H2,1-7H3,(H,30,31)(H,32,35)/t18-,20+,22-,23-/m0/s1. The molecule has 1 saturated carbocycles. The number of methoxy groups -OCH3 is 1. The molecule has 1 aliphatic heterocycles. The molecule has 3 N–H and O–H groups in total. The van der Waals surface area contributed by atoms with E-state index in [4.69, 9.17) is 14.4 Å². The van der Waals surface area contributed by atoms with Gasteiger partial charge in [-0.3, -0.25) is 4.79 Å². The number of ether oxygens (including phenoxy) is 1. The molecular formula is C28H41BN4O5. The Bertz CT molecular complexity index is 1140. The second kappa shape index (κ2) is 10.7. The number of rotatable bonds is 9. The van der Waals surface area contributed by atoms with E-state index in [0.29, 0.717) is 13.4 Å². The van der Waals surface area contributed by atoms with Gasteiger partial charge in [0.2, 0.25) is 5.91 Å². The molecule has 2 bridgehead atoms. The number of benzene rings is 1. The molecule has 9 nitrogen and oxygen atoms in total. The van der Waals surface area contributed by atoms with E-state index in [1.54, 1.807) is 13.8 Å². The zero-order chi connectivity index (χ0) is 27.8. The van der Waals surface area contributed by atoms with Gasteiger partial charge in [0.1, 0.15) is 11.9 Å². The van der Waals surface area contributed by atoms with Crippen molar-refractivity contribution in [3.63, 3.8) is 0 Å². The van der Waals surface area contributed by atoms with Gasteiger partial charge < -0.3 is 29.7 Å². The van der Waals surface area contributed by atoms with E-state index in [1.807, 2.05) is 63.1 Å². The van der Waals surface area contributed by atoms with Crippen molar-refractivity contribution in [2.45, 2.75) is 90.1 Å². The molecule has 1 aliphatic carbocycles. The maximum Gasteiger partial charge on any atom is 0.407 e. The molecule has 0 unspecified atom stereocenters. The van der Waals surface area contributed by atoms with Crippen LogP contribution in [0.3, 0.4) is 0 Å². The van der Waals surface area contributed by atoms with Crippen molar-refractivity contribution >= 4 is 24.9 Å². The molecule has 10 heteroatoms. The molecule has 2 aromatic rings. The fraction of sp³-hybridized carbons (Fsp3) is 0.607. The van der Waals surface area contributed by atoms with Gasteiger partial charge in [0, 0.05) is 6.04 Å². The highest BCUT2D eigenvalue weighted by Gasteiger charge is 2.51. The number of alkyl carbamates (subject to hydrolysis) is 1. The van der Waals surface area contributed by atoms with Crippen LogP contribution in [-0.4, -0.2) is 69.9 Å². The predicted octanol–water partition coefficient (Wildman–Crippen LogP) is 3.05. The van der Waals surface area contributed by atoms with E-state index in [2.05, 4.69) is 10.3 Å². The van der Waals surface area contributed by atoms with E-state index < -0.39 is 23.3 Å². The Hall–Kier alpha value is -2.85. The summed E-state index contributed by atoms with van der Waals surface area (Å²) in [6.07, 6.45) is 4.19. The third kappa shape index (κ3) is 5.61. The first-order valence-corrected chi connectivity index (χ1v) is 13.5. The molecule has 4 rings (SSSR count). The van der Waals surface area contributed by atoms with Crippen LogP contribution in [0.2, 0.25) is 0 Å². The molecule has 0 radical (unpaired) electrons. The van der Waals surface area contributed by atoms with Crippen LogP contribution in [0.4, 0.5) is 4.79 Å². The van der Waals surface area contributed by atoms with E-state index in [1.165, 1.54) is 7.11 Å². The quantitative estimate of drug-likeness (QED) is 0.435. The van der Waals surface area contributed by atoms with E-state index in [9.17, 15) is 14.7 Å². The molecular weight excluding hydrogens is 483 g/mol. The van der Waals surface area contributed by atoms with Gasteiger partial charge in [0.25, 0.3) is 0 Å². The van der Waals surface area contributed by atoms with Crippen molar-refractivity contribution in [1.29, 1.82) is 0 Å². The first-order chi connectivity index (χ1) is 17.8. The van der Waals surface area contributed by atoms with Crippen molar-refractivity contribution in [3.8, 4) is 11.3 Å². The first kappa shape index (κ1) is 28.2. The number of nitrogens with one attached hydrogen (secondary N) is 2. The fourth-order valence-electron chi connectivity index (χ4n) is 5.37. The van der Waals surface area contributed by atoms with Gasteiger partial charge in [0.05, 0.1) is 36.2 Å². The van der Waals surface area contributed by atoms with E-state index in [-0.39, 0.29) is 23.9 Å². The van der Waals surface area contributed by atoms with Gasteiger partial charge >= 0.3 is 13.6 Å². The number of hydrogen-bond acceptors (Lipinski definition) is 6. The number of hydrogen-bond donors (Lipinski definition) is 3. The highest BCUT2D eigenvalue weighted by atomic mass is 16.5. The molecule has 1 aromatic heterocycles. The fourth-order valence-corrected chi connectivity index (χ4v) is 5.37. The zero-order valence-corrected chi connectivity index (χ0v) is 23.6. The number of aromatic nitrogens is 2. The molecule has 38 heavy (non-hydrogen) atoms. The highest BCUT2D eigenvalue weighted by Crippen LogP contribution is 2.50. The van der Waals surface area contributed by atoms with Crippen molar-refractivity contribution in [2.24, 2.45) is 11.8 Å². The summed E-state index contributed by atoms with van der Waals surface area (Å²) in [7, 11) is 1.70. The number of carbonyl (C=O) groups is 2. The number of fused-ring (bicyclic) bond motifs is 2. The number of amides is 2. The SMILES string of the molecule is COC(=O)N[C@H](C(=O)N1[C@@H]2CC[C@@H](C2)[C@H]1c1ncc(-c2ccc(BOC(C)(C)C(C)(C)O)cc2)[nH]1)C(C)C. The first-order valence-electron chi connectivity index (χ1n) is 13.5. The van der Waals surface area contributed by atoms with E-state index >= 15 is 0 Å². The van der Waals surface area contributed by atoms with Crippen LogP contribution in [0.15, 0.2) is 30.5 Å². The lowest BCUT2D eigenvalue weighted by Gasteiger charge is -2.37. The summed E-state index contributed by atoms with van der Waals surface area (Å²) in [5.74, 6) is 0.956. The van der Waals surface area contributed by atoms with Gasteiger partial charge in [0.15, 0.2) is 0 Å². The summed E-state index contributed by atoms with van der Waals surface area (Å²) in [6, 6.07) is 7.41. The van der Waals surface area contributed by atoms with Crippen LogP contribution in [0.5, 0.6) is 0 Å². The summed E-state index contributed by atoms with van der Waals surface area (Å²) < 4.78 is 10.8. The van der Waals surface area contributed by atoms with Crippen molar-refractivity contribution in [3.05, 3.63) is 36.3 Å².